The third-order valence-corrected chi connectivity index (χ3v) is 1.70. The molecule has 0 unspecified atom stereocenters. The molecule has 0 saturated carbocycles. The highest BCUT2D eigenvalue weighted by Gasteiger charge is 1.88. The molecule has 0 saturated heterocycles. The van der Waals surface area contributed by atoms with Crippen LogP contribution in [-0.4, -0.2) is 4.98 Å². The lowest BCUT2D eigenvalue weighted by molar-refractivity contribution is 1.27. The Labute approximate surface area is 79.7 Å². The summed E-state index contributed by atoms with van der Waals surface area (Å²) in [4.78, 5) is 3.99. The maximum absolute atomic E-state index is 8.28. The van der Waals surface area contributed by atoms with Crippen LogP contribution in [0, 0.1) is 11.3 Å². The van der Waals surface area contributed by atoms with E-state index in [4.69, 9.17) is 5.26 Å². The van der Waals surface area contributed by atoms with Crippen LogP contribution in [0.2, 0.25) is 0 Å². The van der Waals surface area contributed by atoms with Gasteiger partial charge in [0, 0.05) is 6.20 Å². The van der Waals surface area contributed by atoms with Gasteiger partial charge in [-0.1, -0.05) is 12.2 Å². The molecule has 0 aromatic carbocycles. The fraction of sp³-hybridized carbons (Fsp3) is 0.111. The van der Waals surface area contributed by atoms with Crippen molar-refractivity contribution in [1.29, 1.82) is 5.26 Å². The average Bonchev–Trinajstić information content (AvgIpc) is 2.05. The monoisotopic (exact) mass is 222 g/mol. The van der Waals surface area contributed by atoms with Crippen LogP contribution in [0.4, 0.5) is 0 Å². The van der Waals surface area contributed by atoms with Gasteiger partial charge in [-0.15, -0.1) is 0 Å². The van der Waals surface area contributed by atoms with E-state index in [1.54, 1.807) is 6.20 Å². The van der Waals surface area contributed by atoms with Gasteiger partial charge in [0.2, 0.25) is 0 Å². The van der Waals surface area contributed by atoms with Crippen LogP contribution in [0.1, 0.15) is 12.0 Å². The van der Waals surface area contributed by atoms with E-state index in [1.165, 1.54) is 0 Å². The summed E-state index contributed by atoms with van der Waals surface area (Å²) < 4.78 is 0.807. The van der Waals surface area contributed by atoms with Crippen LogP contribution in [-0.2, 0) is 0 Å². The normalized spacial score (nSPS) is 10.0. The first-order valence-electron chi connectivity index (χ1n) is 3.48. The van der Waals surface area contributed by atoms with E-state index >= 15 is 0 Å². The Morgan fingerprint density at radius 1 is 1.67 bits per heavy atom. The van der Waals surface area contributed by atoms with E-state index in [9.17, 15) is 0 Å². The molecule has 0 atom stereocenters. The molecule has 2 nitrogen and oxygen atoms in total. The molecular formula is C9H7BrN2. The first kappa shape index (κ1) is 8.95. The summed E-state index contributed by atoms with van der Waals surface area (Å²) in [5.74, 6) is 0. The number of allylic oxidation sites excluding steroid dienone is 1. The number of pyridine rings is 1. The molecule has 0 aliphatic heterocycles. The number of rotatable bonds is 2. The Morgan fingerprint density at radius 2 is 2.50 bits per heavy atom. The molecule has 0 fully saturated rings. The van der Waals surface area contributed by atoms with Gasteiger partial charge in [-0.05, 0) is 33.6 Å². The summed E-state index contributed by atoms with van der Waals surface area (Å²) in [6.45, 7) is 0. The van der Waals surface area contributed by atoms with Crippen LogP contribution in [0.5, 0.6) is 0 Å². The van der Waals surface area contributed by atoms with Gasteiger partial charge >= 0.3 is 0 Å². The standard InChI is InChI=1S/C9H7BrN2/c10-9-7-8(4-6-12-9)3-1-2-5-11/h1,3-4,6-7H,2H2. The molecule has 0 bridgehead atoms. The number of nitriles is 1. The maximum atomic E-state index is 8.28. The van der Waals surface area contributed by atoms with Crippen molar-refractivity contribution in [3.05, 3.63) is 34.6 Å². The summed E-state index contributed by atoms with van der Waals surface area (Å²) in [6, 6.07) is 5.82. The third-order valence-electron chi connectivity index (χ3n) is 1.27. The first-order chi connectivity index (χ1) is 5.83. The Bertz CT molecular complexity index is 326. The zero-order valence-electron chi connectivity index (χ0n) is 6.37. The predicted octanol–water partition coefficient (Wildman–Crippen LogP) is 2.77. The molecule has 1 aromatic rings. The molecule has 0 aliphatic rings. The van der Waals surface area contributed by atoms with Crippen molar-refractivity contribution in [3.8, 4) is 6.07 Å². The molecular weight excluding hydrogens is 216 g/mol. The van der Waals surface area contributed by atoms with E-state index in [0.717, 1.165) is 10.2 Å². The van der Waals surface area contributed by atoms with Gasteiger partial charge in [-0.2, -0.15) is 5.26 Å². The summed E-state index contributed by atoms with van der Waals surface area (Å²) in [5, 5.41) is 8.28. The van der Waals surface area contributed by atoms with E-state index in [0.29, 0.717) is 6.42 Å². The molecule has 0 radical (unpaired) electrons. The minimum Gasteiger partial charge on any atom is -0.249 e. The zero-order chi connectivity index (χ0) is 8.81. The minimum atomic E-state index is 0.444. The Kier molecular flexibility index (Phi) is 3.49. The SMILES string of the molecule is N#CCC=Cc1ccnc(Br)c1. The molecule has 0 N–H and O–H groups in total. The first-order valence-corrected chi connectivity index (χ1v) is 4.27. The van der Waals surface area contributed by atoms with Crippen LogP contribution >= 0.6 is 15.9 Å². The van der Waals surface area contributed by atoms with Gasteiger partial charge in [0.25, 0.3) is 0 Å². The third kappa shape index (κ3) is 2.85. The number of nitrogens with zero attached hydrogens (tertiary/aromatic N) is 2. The minimum absolute atomic E-state index is 0.444. The lowest BCUT2D eigenvalue weighted by Crippen LogP contribution is -1.75. The highest BCUT2D eigenvalue weighted by molar-refractivity contribution is 9.10. The summed E-state index contributed by atoms with van der Waals surface area (Å²) in [6.07, 6.45) is 5.88. The number of hydrogen-bond acceptors (Lipinski definition) is 2. The molecule has 3 heteroatoms. The molecule has 1 heterocycles. The van der Waals surface area contributed by atoms with Crippen molar-refractivity contribution in [2.24, 2.45) is 0 Å². The van der Waals surface area contributed by atoms with Crippen LogP contribution < -0.4 is 0 Å². The number of halogens is 1. The van der Waals surface area contributed by atoms with Gasteiger partial charge in [0.15, 0.2) is 0 Å². The lowest BCUT2D eigenvalue weighted by Gasteiger charge is -1.91. The number of aromatic nitrogens is 1. The van der Waals surface area contributed by atoms with Gasteiger partial charge in [0.1, 0.15) is 4.60 Å². The van der Waals surface area contributed by atoms with E-state index in [2.05, 4.69) is 20.9 Å². The smallest absolute Gasteiger partial charge is 0.106 e. The molecule has 0 amide bonds. The zero-order valence-corrected chi connectivity index (χ0v) is 7.95. The summed E-state index contributed by atoms with van der Waals surface area (Å²) >= 11 is 3.26. The van der Waals surface area contributed by atoms with Gasteiger partial charge in [-0.25, -0.2) is 4.98 Å². The Balaban J connectivity index is 2.71. The van der Waals surface area contributed by atoms with Crippen LogP contribution in [0.15, 0.2) is 29.0 Å². The Hall–Kier alpha value is -1.14. The summed E-state index contributed by atoms with van der Waals surface area (Å²) in [5.41, 5.74) is 1.05. The molecule has 0 aliphatic carbocycles. The quantitative estimate of drug-likeness (QED) is 0.722. The van der Waals surface area contributed by atoms with Gasteiger partial charge in [-0.3, -0.25) is 0 Å². The van der Waals surface area contributed by atoms with Crippen LogP contribution in [0.3, 0.4) is 0 Å². The second-order valence-corrected chi connectivity index (χ2v) is 2.99. The Morgan fingerprint density at radius 3 is 3.17 bits per heavy atom. The largest absolute Gasteiger partial charge is 0.249 e. The average molecular weight is 223 g/mol. The molecule has 60 valence electrons. The highest BCUT2D eigenvalue weighted by Crippen LogP contribution is 2.09. The van der Waals surface area contributed by atoms with Crippen molar-refractivity contribution in [3.63, 3.8) is 0 Å². The highest BCUT2D eigenvalue weighted by atomic mass is 79.9. The molecule has 1 aromatic heterocycles. The molecule has 12 heavy (non-hydrogen) atoms. The fourth-order valence-corrected chi connectivity index (χ4v) is 1.15. The van der Waals surface area contributed by atoms with Crippen molar-refractivity contribution in [2.45, 2.75) is 6.42 Å². The topological polar surface area (TPSA) is 36.7 Å². The summed E-state index contributed by atoms with van der Waals surface area (Å²) in [7, 11) is 0. The van der Waals surface area contributed by atoms with E-state index in [-0.39, 0.29) is 0 Å². The number of hydrogen-bond donors (Lipinski definition) is 0. The second-order valence-electron chi connectivity index (χ2n) is 2.18. The van der Waals surface area contributed by atoms with Crippen molar-refractivity contribution >= 4 is 22.0 Å². The van der Waals surface area contributed by atoms with Crippen molar-refractivity contribution < 1.29 is 0 Å². The molecule has 1 rings (SSSR count). The lowest BCUT2D eigenvalue weighted by atomic mass is 10.2. The van der Waals surface area contributed by atoms with Crippen molar-refractivity contribution in [1.82, 2.24) is 4.98 Å². The van der Waals surface area contributed by atoms with Gasteiger partial charge < -0.3 is 0 Å². The predicted molar refractivity (Wildman–Crippen MR) is 51.2 cm³/mol. The van der Waals surface area contributed by atoms with Gasteiger partial charge in [0.05, 0.1) is 12.5 Å². The van der Waals surface area contributed by atoms with E-state index in [1.807, 2.05) is 30.4 Å². The maximum Gasteiger partial charge on any atom is 0.106 e. The fourth-order valence-electron chi connectivity index (χ4n) is 0.769. The van der Waals surface area contributed by atoms with Crippen LogP contribution in [0.25, 0.3) is 6.08 Å². The molecule has 0 spiro atoms. The second kappa shape index (κ2) is 4.68. The van der Waals surface area contributed by atoms with E-state index < -0.39 is 0 Å². The van der Waals surface area contributed by atoms with Crippen molar-refractivity contribution in [2.75, 3.05) is 0 Å².